The number of hydrogen-bond acceptors (Lipinski definition) is 3. The Morgan fingerprint density at radius 2 is 2.24 bits per heavy atom. The van der Waals surface area contributed by atoms with Crippen LogP contribution in [0.25, 0.3) is 0 Å². The van der Waals surface area contributed by atoms with Gasteiger partial charge in [-0.3, -0.25) is 0 Å². The van der Waals surface area contributed by atoms with Gasteiger partial charge in [-0.25, -0.2) is 4.79 Å². The van der Waals surface area contributed by atoms with Crippen LogP contribution in [0.2, 0.25) is 5.02 Å². The van der Waals surface area contributed by atoms with Crippen LogP contribution in [0, 0.1) is 5.92 Å². The lowest BCUT2D eigenvalue weighted by Crippen LogP contribution is -2.17. The van der Waals surface area contributed by atoms with Crippen molar-refractivity contribution < 1.29 is 9.53 Å². The van der Waals surface area contributed by atoms with Gasteiger partial charge < -0.3 is 10.1 Å². The summed E-state index contributed by atoms with van der Waals surface area (Å²) in [6.07, 6.45) is 2.57. The monoisotopic (exact) mass is 253 g/mol. The summed E-state index contributed by atoms with van der Waals surface area (Å²) in [7, 11) is 1.35. The second-order valence-corrected chi connectivity index (χ2v) is 4.86. The third-order valence-corrected chi connectivity index (χ3v) is 3.42. The van der Waals surface area contributed by atoms with Crippen LogP contribution in [-0.2, 0) is 4.74 Å². The quantitative estimate of drug-likeness (QED) is 0.837. The second kappa shape index (κ2) is 4.96. The molecule has 1 fully saturated rings. The molecule has 0 saturated heterocycles. The van der Waals surface area contributed by atoms with E-state index in [2.05, 4.69) is 17.0 Å². The molecule has 0 bridgehead atoms. The highest BCUT2D eigenvalue weighted by atomic mass is 35.5. The van der Waals surface area contributed by atoms with Crippen molar-refractivity contribution >= 4 is 23.3 Å². The van der Waals surface area contributed by atoms with E-state index < -0.39 is 5.97 Å². The first-order chi connectivity index (χ1) is 8.11. The van der Waals surface area contributed by atoms with E-state index in [0.717, 1.165) is 11.6 Å². The fourth-order valence-electron chi connectivity index (χ4n) is 1.86. The number of halogens is 1. The van der Waals surface area contributed by atoms with E-state index in [1.165, 1.54) is 20.0 Å². The van der Waals surface area contributed by atoms with Gasteiger partial charge in [0.2, 0.25) is 0 Å². The number of anilines is 1. The predicted octanol–water partition coefficient (Wildman–Crippen LogP) is 3.34. The highest BCUT2D eigenvalue weighted by molar-refractivity contribution is 6.33. The normalized spacial score (nSPS) is 16.4. The molecule has 1 aromatic rings. The Hall–Kier alpha value is -1.22. The molecule has 1 aliphatic carbocycles. The average Bonchev–Trinajstić information content (AvgIpc) is 3.14. The molecule has 2 rings (SSSR count). The van der Waals surface area contributed by atoms with Crippen molar-refractivity contribution in [1.82, 2.24) is 0 Å². The molecule has 0 aliphatic heterocycles. The second-order valence-electron chi connectivity index (χ2n) is 4.46. The van der Waals surface area contributed by atoms with Crippen molar-refractivity contribution in [1.29, 1.82) is 0 Å². The van der Waals surface area contributed by atoms with Gasteiger partial charge in [0.25, 0.3) is 0 Å². The third-order valence-electron chi connectivity index (χ3n) is 3.10. The highest BCUT2D eigenvalue weighted by Gasteiger charge is 2.27. The molecule has 4 heteroatoms. The first-order valence-electron chi connectivity index (χ1n) is 5.76. The van der Waals surface area contributed by atoms with E-state index >= 15 is 0 Å². The molecule has 1 unspecified atom stereocenters. The Morgan fingerprint density at radius 3 is 2.82 bits per heavy atom. The van der Waals surface area contributed by atoms with Gasteiger partial charge in [-0.2, -0.15) is 0 Å². The van der Waals surface area contributed by atoms with Crippen LogP contribution in [0.1, 0.15) is 30.1 Å². The molecular formula is C13H16ClNO2. The van der Waals surface area contributed by atoms with Crippen LogP contribution in [0.3, 0.4) is 0 Å². The van der Waals surface area contributed by atoms with E-state index in [1.54, 1.807) is 12.1 Å². The lowest BCUT2D eigenvalue weighted by atomic mass is 10.1. The largest absolute Gasteiger partial charge is 0.465 e. The molecule has 0 radical (unpaired) electrons. The zero-order chi connectivity index (χ0) is 12.4. The van der Waals surface area contributed by atoms with Crippen molar-refractivity contribution in [2.75, 3.05) is 12.4 Å². The van der Waals surface area contributed by atoms with Gasteiger partial charge in [0.15, 0.2) is 0 Å². The maximum absolute atomic E-state index is 11.5. The molecule has 0 amide bonds. The fraction of sp³-hybridized carbons (Fsp3) is 0.462. The number of hydrogen-bond donors (Lipinski definition) is 1. The van der Waals surface area contributed by atoms with Gasteiger partial charge in [-0.1, -0.05) is 11.6 Å². The number of benzene rings is 1. The van der Waals surface area contributed by atoms with Crippen molar-refractivity contribution in [2.24, 2.45) is 5.92 Å². The standard InChI is InChI=1S/C13H16ClNO2/c1-8(9-3-4-9)15-10-5-6-12(14)11(7-10)13(16)17-2/h5-9,15H,3-4H2,1-2H3. The SMILES string of the molecule is COC(=O)c1cc(NC(C)C2CC2)ccc1Cl. The van der Waals surface area contributed by atoms with Gasteiger partial charge in [0, 0.05) is 11.7 Å². The zero-order valence-corrected chi connectivity index (χ0v) is 10.8. The van der Waals surface area contributed by atoms with Crippen LogP contribution in [0.15, 0.2) is 18.2 Å². The first kappa shape index (κ1) is 12.2. The molecule has 3 nitrogen and oxygen atoms in total. The van der Waals surface area contributed by atoms with Crippen LogP contribution in [0.4, 0.5) is 5.69 Å². The molecular weight excluding hydrogens is 238 g/mol. The molecule has 0 heterocycles. The minimum Gasteiger partial charge on any atom is -0.465 e. The topological polar surface area (TPSA) is 38.3 Å². The molecule has 1 aliphatic rings. The number of carbonyl (C=O) groups is 1. The van der Waals surface area contributed by atoms with Crippen LogP contribution in [0.5, 0.6) is 0 Å². The van der Waals surface area contributed by atoms with E-state index in [1.807, 2.05) is 6.07 Å². The van der Waals surface area contributed by atoms with Gasteiger partial charge in [-0.05, 0) is 43.9 Å². The van der Waals surface area contributed by atoms with E-state index in [4.69, 9.17) is 11.6 Å². The highest BCUT2D eigenvalue weighted by Crippen LogP contribution is 2.34. The zero-order valence-electron chi connectivity index (χ0n) is 10.00. The summed E-state index contributed by atoms with van der Waals surface area (Å²) in [5, 5.41) is 3.80. The maximum Gasteiger partial charge on any atom is 0.339 e. The third kappa shape index (κ3) is 2.91. The Morgan fingerprint density at radius 1 is 1.53 bits per heavy atom. The van der Waals surface area contributed by atoms with E-state index in [-0.39, 0.29) is 0 Å². The maximum atomic E-state index is 11.5. The molecule has 92 valence electrons. The van der Waals surface area contributed by atoms with Crippen LogP contribution in [-0.4, -0.2) is 19.1 Å². The minimum atomic E-state index is -0.405. The Labute approximate surface area is 106 Å². The number of nitrogens with one attached hydrogen (secondary N) is 1. The summed E-state index contributed by atoms with van der Waals surface area (Å²) in [5.41, 5.74) is 1.32. The van der Waals surface area contributed by atoms with Gasteiger partial charge in [0.1, 0.15) is 0 Å². The average molecular weight is 254 g/mol. The summed E-state index contributed by atoms with van der Waals surface area (Å²) in [6, 6.07) is 5.78. The van der Waals surface area contributed by atoms with Gasteiger partial charge in [-0.15, -0.1) is 0 Å². The van der Waals surface area contributed by atoms with Crippen molar-refractivity contribution in [3.8, 4) is 0 Å². The molecule has 17 heavy (non-hydrogen) atoms. The molecule has 1 aromatic carbocycles. The Balaban J connectivity index is 2.15. The lowest BCUT2D eigenvalue weighted by molar-refractivity contribution is 0.0601. The van der Waals surface area contributed by atoms with Crippen molar-refractivity contribution in [3.05, 3.63) is 28.8 Å². The summed E-state index contributed by atoms with van der Waals surface area (Å²) < 4.78 is 4.69. The molecule has 1 atom stereocenters. The minimum absolute atomic E-state index is 0.405. The smallest absolute Gasteiger partial charge is 0.339 e. The Kier molecular flexibility index (Phi) is 3.57. The summed E-state index contributed by atoms with van der Waals surface area (Å²) in [4.78, 5) is 11.5. The van der Waals surface area contributed by atoms with Crippen molar-refractivity contribution in [2.45, 2.75) is 25.8 Å². The molecule has 0 aromatic heterocycles. The lowest BCUT2D eigenvalue weighted by Gasteiger charge is -2.15. The number of carbonyl (C=O) groups excluding carboxylic acids is 1. The summed E-state index contributed by atoms with van der Waals surface area (Å²) >= 11 is 5.95. The summed E-state index contributed by atoms with van der Waals surface area (Å²) in [5.74, 6) is 0.352. The molecule has 1 saturated carbocycles. The number of esters is 1. The fourth-order valence-corrected chi connectivity index (χ4v) is 2.05. The summed E-state index contributed by atoms with van der Waals surface area (Å²) in [6.45, 7) is 2.16. The van der Waals surface area contributed by atoms with E-state index in [9.17, 15) is 4.79 Å². The molecule has 0 spiro atoms. The van der Waals surface area contributed by atoms with Gasteiger partial charge >= 0.3 is 5.97 Å². The number of ether oxygens (including phenoxy) is 1. The van der Waals surface area contributed by atoms with E-state index in [0.29, 0.717) is 16.6 Å². The van der Waals surface area contributed by atoms with Gasteiger partial charge in [0.05, 0.1) is 17.7 Å². The van der Waals surface area contributed by atoms with Crippen molar-refractivity contribution in [3.63, 3.8) is 0 Å². The molecule has 1 N–H and O–H groups in total. The van der Waals surface area contributed by atoms with Crippen LogP contribution >= 0.6 is 11.6 Å². The Bertz CT molecular complexity index is 429. The predicted molar refractivity (Wildman–Crippen MR) is 68.6 cm³/mol. The first-order valence-corrected chi connectivity index (χ1v) is 6.14. The number of rotatable bonds is 4. The van der Waals surface area contributed by atoms with Crippen LogP contribution < -0.4 is 5.32 Å². The number of methoxy groups -OCH3 is 1.